The van der Waals surface area contributed by atoms with E-state index >= 15 is 0 Å². The number of rotatable bonds is 7. The van der Waals surface area contributed by atoms with Crippen LogP contribution in [0.25, 0.3) is 11.0 Å². The average Bonchev–Trinajstić information content (AvgIpc) is 2.81. The van der Waals surface area contributed by atoms with Crippen LogP contribution in [0, 0.1) is 5.92 Å². The van der Waals surface area contributed by atoms with Crippen molar-refractivity contribution in [2.75, 3.05) is 12.4 Å². The molecule has 2 rings (SSSR count). The van der Waals surface area contributed by atoms with Gasteiger partial charge in [0.2, 0.25) is 5.91 Å². The van der Waals surface area contributed by atoms with Crippen molar-refractivity contribution >= 4 is 28.5 Å². The number of halogens is 1. The normalized spacial score (nSPS) is 11.2. The topological polar surface area (TPSA) is 59.8 Å². The highest BCUT2D eigenvalue weighted by molar-refractivity contribution is 6.17. The molecule has 0 fully saturated rings. The van der Waals surface area contributed by atoms with E-state index in [-0.39, 0.29) is 5.91 Å². The van der Waals surface area contributed by atoms with E-state index in [0.717, 1.165) is 16.9 Å². The van der Waals surface area contributed by atoms with Crippen LogP contribution in [-0.2, 0) is 17.8 Å². The van der Waals surface area contributed by atoms with E-state index in [0.29, 0.717) is 37.7 Å². The maximum Gasteiger partial charge on any atom is 0.221 e. The zero-order valence-corrected chi connectivity index (χ0v) is 13.2. The molecule has 2 heterocycles. The molecule has 0 bridgehead atoms. The minimum absolute atomic E-state index is 0.0661. The highest BCUT2D eigenvalue weighted by Crippen LogP contribution is 2.16. The lowest BCUT2D eigenvalue weighted by Crippen LogP contribution is -2.28. The smallest absolute Gasteiger partial charge is 0.221 e. The van der Waals surface area contributed by atoms with Gasteiger partial charge in [-0.25, -0.2) is 4.98 Å². The van der Waals surface area contributed by atoms with Crippen molar-refractivity contribution in [3.63, 3.8) is 0 Å². The molecule has 0 aliphatic carbocycles. The monoisotopic (exact) mass is 308 g/mol. The molecular weight excluding hydrogens is 288 g/mol. The summed E-state index contributed by atoms with van der Waals surface area (Å²) >= 11 is 5.83. The summed E-state index contributed by atoms with van der Waals surface area (Å²) in [6, 6.07) is 1.92. The number of fused-ring (bicyclic) bond motifs is 1. The van der Waals surface area contributed by atoms with Crippen molar-refractivity contribution in [3.05, 3.63) is 24.3 Å². The van der Waals surface area contributed by atoms with Gasteiger partial charge < -0.3 is 9.88 Å². The fourth-order valence-electron chi connectivity index (χ4n) is 2.18. The Balaban J connectivity index is 2.09. The van der Waals surface area contributed by atoms with Crippen molar-refractivity contribution in [3.8, 4) is 0 Å². The molecule has 0 saturated heterocycles. The zero-order valence-electron chi connectivity index (χ0n) is 12.5. The molecule has 0 unspecified atom stereocenters. The van der Waals surface area contributed by atoms with Crippen LogP contribution < -0.4 is 5.32 Å². The number of aryl methyl sites for hydroxylation is 2. The van der Waals surface area contributed by atoms with Crippen molar-refractivity contribution in [1.82, 2.24) is 19.9 Å². The van der Waals surface area contributed by atoms with Crippen LogP contribution in [0.1, 0.15) is 26.1 Å². The summed E-state index contributed by atoms with van der Waals surface area (Å²) in [5, 5.41) is 2.93. The second kappa shape index (κ2) is 7.41. The lowest BCUT2D eigenvalue weighted by atomic mass is 10.2. The average molecular weight is 309 g/mol. The lowest BCUT2D eigenvalue weighted by Gasteiger charge is -2.10. The van der Waals surface area contributed by atoms with Crippen LogP contribution in [-0.4, -0.2) is 32.9 Å². The number of carbonyl (C=O) groups excluding carboxylic acids is 1. The number of nitrogens with one attached hydrogen (secondary N) is 1. The number of pyridine rings is 1. The molecule has 2 aromatic rings. The van der Waals surface area contributed by atoms with E-state index in [1.165, 1.54) is 0 Å². The van der Waals surface area contributed by atoms with Gasteiger partial charge in [-0.3, -0.25) is 9.78 Å². The summed E-state index contributed by atoms with van der Waals surface area (Å²) in [6.07, 6.45) is 4.60. The van der Waals surface area contributed by atoms with Crippen LogP contribution in [0.5, 0.6) is 0 Å². The highest BCUT2D eigenvalue weighted by atomic mass is 35.5. The Kier molecular flexibility index (Phi) is 5.56. The molecule has 1 N–H and O–H groups in total. The number of hydrogen-bond acceptors (Lipinski definition) is 3. The molecule has 5 nitrogen and oxygen atoms in total. The van der Waals surface area contributed by atoms with Gasteiger partial charge in [0.25, 0.3) is 0 Å². The third-order valence-electron chi connectivity index (χ3n) is 3.22. The van der Waals surface area contributed by atoms with Crippen LogP contribution >= 0.6 is 11.6 Å². The maximum atomic E-state index is 11.9. The van der Waals surface area contributed by atoms with Crippen LogP contribution in [0.15, 0.2) is 18.5 Å². The van der Waals surface area contributed by atoms with E-state index in [9.17, 15) is 4.79 Å². The number of imidazole rings is 1. The van der Waals surface area contributed by atoms with Crippen LogP contribution in [0.4, 0.5) is 0 Å². The summed E-state index contributed by atoms with van der Waals surface area (Å²) in [7, 11) is 0. The van der Waals surface area contributed by atoms with Gasteiger partial charge in [0, 0.05) is 38.0 Å². The Morgan fingerprint density at radius 3 is 3.00 bits per heavy atom. The van der Waals surface area contributed by atoms with Crippen LogP contribution in [0.3, 0.4) is 0 Å². The van der Waals surface area contributed by atoms with Gasteiger partial charge in [-0.1, -0.05) is 13.8 Å². The Bertz CT molecular complexity index is 609. The summed E-state index contributed by atoms with van der Waals surface area (Å²) in [4.78, 5) is 20.5. The first-order chi connectivity index (χ1) is 10.1. The Labute approximate surface area is 129 Å². The van der Waals surface area contributed by atoms with E-state index in [2.05, 4.69) is 33.7 Å². The summed E-state index contributed by atoms with van der Waals surface area (Å²) in [5.41, 5.74) is 1.85. The third-order valence-corrected chi connectivity index (χ3v) is 3.41. The van der Waals surface area contributed by atoms with Gasteiger partial charge in [-0.05, 0) is 12.0 Å². The molecule has 21 heavy (non-hydrogen) atoms. The number of hydrogen-bond donors (Lipinski definition) is 1. The van der Waals surface area contributed by atoms with E-state index in [4.69, 9.17) is 11.6 Å². The fraction of sp³-hybridized carbons (Fsp3) is 0.533. The van der Waals surface area contributed by atoms with Gasteiger partial charge in [-0.2, -0.15) is 0 Å². The number of nitrogens with zero attached hydrogens (tertiary/aromatic N) is 3. The summed E-state index contributed by atoms with van der Waals surface area (Å²) in [5.74, 6) is 1.94. The zero-order chi connectivity index (χ0) is 15.2. The second-order valence-electron chi connectivity index (χ2n) is 5.43. The molecule has 0 aliphatic rings. The second-order valence-corrected chi connectivity index (χ2v) is 5.81. The molecule has 0 radical (unpaired) electrons. The van der Waals surface area contributed by atoms with E-state index in [1.807, 2.05) is 6.07 Å². The molecular formula is C15H21ClN4O. The van der Waals surface area contributed by atoms with E-state index in [1.54, 1.807) is 12.4 Å². The standard InChI is InChI=1S/C15H21ClN4O/c1-11(2)9-18-15(21)5-8-20-13-4-7-17-10-12(13)19-14(20)3-6-16/h4,7,10-11H,3,5-6,8-9H2,1-2H3,(H,18,21). The minimum atomic E-state index is 0.0661. The Hall–Kier alpha value is -1.62. The molecule has 0 aliphatic heterocycles. The van der Waals surface area contributed by atoms with Gasteiger partial charge in [0.05, 0.1) is 11.7 Å². The molecule has 0 saturated carbocycles. The van der Waals surface area contributed by atoms with E-state index < -0.39 is 0 Å². The number of alkyl halides is 1. The molecule has 114 valence electrons. The quantitative estimate of drug-likeness (QED) is 0.799. The lowest BCUT2D eigenvalue weighted by molar-refractivity contribution is -0.121. The predicted octanol–water partition coefficient (Wildman–Crippen LogP) is 2.37. The van der Waals surface area contributed by atoms with Gasteiger partial charge in [0.1, 0.15) is 11.3 Å². The molecule has 1 amide bonds. The van der Waals surface area contributed by atoms with Crippen molar-refractivity contribution in [1.29, 1.82) is 0 Å². The number of aromatic nitrogens is 3. The Morgan fingerprint density at radius 1 is 1.48 bits per heavy atom. The Morgan fingerprint density at radius 2 is 2.29 bits per heavy atom. The van der Waals surface area contributed by atoms with Gasteiger partial charge in [0.15, 0.2) is 0 Å². The molecule has 2 aromatic heterocycles. The molecule has 0 aromatic carbocycles. The number of amides is 1. The highest BCUT2D eigenvalue weighted by Gasteiger charge is 2.11. The summed E-state index contributed by atoms with van der Waals surface area (Å²) in [6.45, 7) is 5.48. The van der Waals surface area contributed by atoms with Crippen molar-refractivity contribution < 1.29 is 4.79 Å². The predicted molar refractivity (Wildman–Crippen MR) is 84.4 cm³/mol. The minimum Gasteiger partial charge on any atom is -0.356 e. The summed E-state index contributed by atoms with van der Waals surface area (Å²) < 4.78 is 2.06. The largest absolute Gasteiger partial charge is 0.356 e. The van der Waals surface area contributed by atoms with Crippen molar-refractivity contribution in [2.45, 2.75) is 33.2 Å². The van der Waals surface area contributed by atoms with Gasteiger partial charge in [-0.15, -0.1) is 11.6 Å². The van der Waals surface area contributed by atoms with Crippen LogP contribution in [0.2, 0.25) is 0 Å². The number of carbonyl (C=O) groups is 1. The van der Waals surface area contributed by atoms with Crippen molar-refractivity contribution in [2.24, 2.45) is 5.92 Å². The first-order valence-corrected chi connectivity index (χ1v) is 7.77. The first-order valence-electron chi connectivity index (χ1n) is 7.23. The SMILES string of the molecule is CC(C)CNC(=O)CCn1c(CCCl)nc2cnccc21. The molecule has 6 heteroatoms. The first kappa shape index (κ1) is 15.8. The third kappa shape index (κ3) is 4.17. The maximum absolute atomic E-state index is 11.9. The molecule has 0 atom stereocenters. The molecule has 0 spiro atoms. The fourth-order valence-corrected chi connectivity index (χ4v) is 2.35. The van der Waals surface area contributed by atoms with Gasteiger partial charge >= 0.3 is 0 Å².